The second-order valence-corrected chi connectivity index (χ2v) is 6.78. The molecule has 3 N–H and O–H groups in total. The molecule has 0 unspecified atom stereocenters. The fraction of sp³-hybridized carbons (Fsp3) is 0.364. The van der Waals surface area contributed by atoms with Gasteiger partial charge in [0.25, 0.3) is 0 Å². The number of aromatic hydroxyl groups is 1. The largest absolute Gasteiger partial charge is 0.506 e. The molecule has 0 amide bonds. The van der Waals surface area contributed by atoms with Gasteiger partial charge in [-0.2, -0.15) is 10.2 Å². The minimum absolute atomic E-state index is 0.138. The summed E-state index contributed by atoms with van der Waals surface area (Å²) in [6, 6.07) is 3.64. The number of fused-ring (bicyclic) bond motifs is 2. The van der Waals surface area contributed by atoms with Gasteiger partial charge in [0.05, 0.1) is 18.0 Å². The highest BCUT2D eigenvalue weighted by Gasteiger charge is 2.11. The van der Waals surface area contributed by atoms with Gasteiger partial charge in [-0.1, -0.05) is 19.9 Å². The molecule has 7 heteroatoms. The lowest BCUT2D eigenvalue weighted by molar-refractivity contribution is 0.416. The van der Waals surface area contributed by atoms with Crippen LogP contribution in [0.4, 0.5) is 5.69 Å². The number of aromatic nitrogens is 4. The van der Waals surface area contributed by atoms with E-state index in [2.05, 4.69) is 30.1 Å². The minimum atomic E-state index is 0.138. The highest BCUT2D eigenvalue weighted by Crippen LogP contribution is 2.31. The van der Waals surface area contributed by atoms with E-state index in [1.54, 1.807) is 11.8 Å². The Morgan fingerprint density at radius 3 is 2.03 bits per heavy atom. The number of phenolic OH excluding ortho intramolecular Hbond substituents is 1. The van der Waals surface area contributed by atoms with E-state index < -0.39 is 0 Å². The molecule has 0 radical (unpaired) electrons. The Morgan fingerprint density at radius 1 is 0.897 bits per heavy atom. The predicted octanol–water partition coefficient (Wildman–Crippen LogP) is 4.39. The van der Waals surface area contributed by atoms with Crippen LogP contribution >= 0.6 is 0 Å². The molecule has 0 bridgehead atoms. The van der Waals surface area contributed by atoms with Gasteiger partial charge in [0, 0.05) is 43.6 Å². The first kappa shape index (κ1) is 22.1. The third kappa shape index (κ3) is 4.29. The van der Waals surface area contributed by atoms with Crippen molar-refractivity contribution in [2.45, 2.75) is 34.6 Å². The molecule has 0 saturated carbocycles. The Labute approximate surface area is 171 Å². The summed E-state index contributed by atoms with van der Waals surface area (Å²) in [6.07, 6.45) is 3.84. The van der Waals surface area contributed by atoms with Crippen molar-refractivity contribution < 1.29 is 9.84 Å². The van der Waals surface area contributed by atoms with Crippen molar-refractivity contribution in [3.8, 4) is 11.5 Å². The van der Waals surface area contributed by atoms with Crippen molar-refractivity contribution in [3.63, 3.8) is 0 Å². The average Bonchev–Trinajstić information content (AvgIpc) is 3.26. The van der Waals surface area contributed by atoms with Crippen LogP contribution in [0.1, 0.15) is 30.5 Å². The van der Waals surface area contributed by atoms with Crippen LogP contribution in [-0.4, -0.2) is 31.8 Å². The van der Waals surface area contributed by atoms with Crippen LogP contribution in [0.25, 0.3) is 21.8 Å². The number of methoxy groups -OCH3 is 1. The summed E-state index contributed by atoms with van der Waals surface area (Å²) in [5.41, 5.74) is 11.2. The highest BCUT2D eigenvalue weighted by atomic mass is 16.5. The number of hydrogen-bond acceptors (Lipinski definition) is 5. The van der Waals surface area contributed by atoms with Crippen LogP contribution in [0, 0.1) is 20.8 Å². The second kappa shape index (κ2) is 8.86. The third-order valence-corrected chi connectivity index (χ3v) is 4.64. The van der Waals surface area contributed by atoms with Crippen LogP contribution in [-0.2, 0) is 14.1 Å². The molecule has 2 aromatic carbocycles. The maximum absolute atomic E-state index is 9.53. The smallest absolute Gasteiger partial charge is 0.145 e. The maximum Gasteiger partial charge on any atom is 0.145 e. The highest BCUT2D eigenvalue weighted by molar-refractivity contribution is 5.91. The van der Waals surface area contributed by atoms with E-state index in [0.717, 1.165) is 33.2 Å². The van der Waals surface area contributed by atoms with Gasteiger partial charge in [-0.05, 0) is 37.5 Å². The van der Waals surface area contributed by atoms with E-state index in [0.29, 0.717) is 11.2 Å². The van der Waals surface area contributed by atoms with Crippen molar-refractivity contribution in [2.75, 3.05) is 12.8 Å². The molecule has 2 aromatic heterocycles. The van der Waals surface area contributed by atoms with Crippen molar-refractivity contribution >= 4 is 27.5 Å². The molecular weight excluding hydrogens is 366 g/mol. The number of nitrogen functional groups attached to an aromatic ring is 1. The number of phenols is 1. The molecule has 0 atom stereocenters. The zero-order valence-corrected chi connectivity index (χ0v) is 18.5. The van der Waals surface area contributed by atoms with Gasteiger partial charge in [0.15, 0.2) is 0 Å². The summed E-state index contributed by atoms with van der Waals surface area (Å²) < 4.78 is 8.86. The SMILES string of the molecule is CC.COc1c(C)cc(C)c2nn(C)cc12.Cc1c(N)cc(O)c2nn(C)cc12. The first-order chi connectivity index (χ1) is 13.7. The molecule has 7 nitrogen and oxygen atoms in total. The Morgan fingerprint density at radius 2 is 1.45 bits per heavy atom. The van der Waals surface area contributed by atoms with E-state index in [4.69, 9.17) is 10.5 Å². The van der Waals surface area contributed by atoms with Crippen molar-refractivity contribution in [2.24, 2.45) is 14.1 Å². The lowest BCUT2D eigenvalue weighted by atomic mass is 10.1. The predicted molar refractivity (Wildman–Crippen MR) is 120 cm³/mol. The fourth-order valence-electron chi connectivity index (χ4n) is 3.32. The molecule has 0 fully saturated rings. The maximum atomic E-state index is 9.53. The van der Waals surface area contributed by atoms with Gasteiger partial charge in [0.1, 0.15) is 17.0 Å². The second-order valence-electron chi connectivity index (χ2n) is 6.78. The van der Waals surface area contributed by atoms with Gasteiger partial charge >= 0.3 is 0 Å². The van der Waals surface area contributed by atoms with E-state index in [1.165, 1.54) is 11.6 Å². The normalized spacial score (nSPS) is 10.3. The zero-order chi connectivity index (χ0) is 21.9. The van der Waals surface area contributed by atoms with Crippen LogP contribution in [0.3, 0.4) is 0 Å². The van der Waals surface area contributed by atoms with Crippen LogP contribution < -0.4 is 10.5 Å². The summed E-state index contributed by atoms with van der Waals surface area (Å²) in [6.45, 7) is 10.0. The standard InChI is InChI=1S/C11H14N2O.C9H11N3O.C2H6/c1-7-5-8(2)11(14-4)9-6-13(3)12-10(7)9;1-5-6-4-12(2)11-9(6)8(13)3-7(5)10;1-2/h5-6H,1-4H3;3-4,13H,10H2,1-2H3;1-2H3. The Balaban J connectivity index is 0.000000191. The first-order valence-electron chi connectivity index (χ1n) is 9.61. The molecule has 0 aliphatic heterocycles. The van der Waals surface area contributed by atoms with E-state index in [1.807, 2.05) is 51.9 Å². The number of ether oxygens (including phenoxy) is 1. The molecule has 2 heterocycles. The van der Waals surface area contributed by atoms with E-state index in [-0.39, 0.29) is 5.75 Å². The monoisotopic (exact) mass is 397 g/mol. The summed E-state index contributed by atoms with van der Waals surface area (Å²) in [7, 11) is 5.44. The Bertz CT molecular complexity index is 1140. The van der Waals surface area contributed by atoms with Crippen LogP contribution in [0.15, 0.2) is 24.5 Å². The van der Waals surface area contributed by atoms with Gasteiger partial charge in [-0.15, -0.1) is 0 Å². The molecule has 4 aromatic rings. The first-order valence-corrected chi connectivity index (χ1v) is 9.61. The molecule has 29 heavy (non-hydrogen) atoms. The third-order valence-electron chi connectivity index (χ3n) is 4.64. The Hall–Kier alpha value is -3.22. The van der Waals surface area contributed by atoms with E-state index >= 15 is 0 Å². The summed E-state index contributed by atoms with van der Waals surface area (Å²) in [5.74, 6) is 1.07. The minimum Gasteiger partial charge on any atom is -0.506 e. The molecule has 0 aliphatic rings. The number of nitrogens with two attached hydrogens (primary N) is 1. The zero-order valence-electron chi connectivity index (χ0n) is 18.5. The quantitative estimate of drug-likeness (QED) is 0.465. The number of rotatable bonds is 1. The molecule has 0 saturated heterocycles. The van der Waals surface area contributed by atoms with Crippen molar-refractivity contribution in [1.29, 1.82) is 0 Å². The summed E-state index contributed by atoms with van der Waals surface area (Å²) in [4.78, 5) is 0. The van der Waals surface area contributed by atoms with E-state index in [9.17, 15) is 5.11 Å². The Kier molecular flexibility index (Phi) is 6.74. The van der Waals surface area contributed by atoms with Crippen molar-refractivity contribution in [1.82, 2.24) is 19.6 Å². The fourth-order valence-corrected chi connectivity index (χ4v) is 3.32. The topological polar surface area (TPSA) is 91.1 Å². The molecule has 4 rings (SSSR count). The van der Waals surface area contributed by atoms with Gasteiger partial charge in [-0.3, -0.25) is 9.36 Å². The lowest BCUT2D eigenvalue weighted by Crippen LogP contribution is -1.89. The average molecular weight is 398 g/mol. The lowest BCUT2D eigenvalue weighted by Gasteiger charge is -2.06. The molecule has 156 valence electrons. The molecule has 0 spiro atoms. The number of nitrogens with zero attached hydrogens (tertiary/aromatic N) is 4. The van der Waals surface area contributed by atoms with Crippen LogP contribution in [0.5, 0.6) is 11.5 Å². The molecule has 0 aliphatic carbocycles. The number of aryl methyl sites for hydroxylation is 5. The van der Waals surface area contributed by atoms with Crippen molar-refractivity contribution in [3.05, 3.63) is 41.2 Å². The summed E-state index contributed by atoms with van der Waals surface area (Å²) in [5, 5.41) is 20.1. The number of benzene rings is 2. The van der Waals surface area contributed by atoms with Gasteiger partial charge < -0.3 is 15.6 Å². The number of anilines is 1. The summed E-state index contributed by atoms with van der Waals surface area (Å²) >= 11 is 0. The molecular formula is C22H31N5O2. The number of hydrogen-bond donors (Lipinski definition) is 2. The van der Waals surface area contributed by atoms with Gasteiger partial charge in [-0.25, -0.2) is 0 Å². The van der Waals surface area contributed by atoms with Gasteiger partial charge in [0.2, 0.25) is 0 Å². The van der Waals surface area contributed by atoms with Crippen LogP contribution in [0.2, 0.25) is 0 Å².